The summed E-state index contributed by atoms with van der Waals surface area (Å²) in [6.45, 7) is 2.32. The molecule has 1 aromatic heterocycles. The first kappa shape index (κ1) is 14.0. The number of fused-ring (bicyclic) bond motifs is 1. The molecule has 0 radical (unpaired) electrons. The molecule has 108 valence electrons. The van der Waals surface area contributed by atoms with E-state index in [0.717, 1.165) is 18.2 Å². The first-order valence-corrected chi connectivity index (χ1v) is 8.81. The van der Waals surface area contributed by atoms with Gasteiger partial charge in [0.05, 0.1) is 5.03 Å². The highest BCUT2D eigenvalue weighted by Gasteiger charge is 2.12. The van der Waals surface area contributed by atoms with Crippen molar-refractivity contribution in [3.05, 3.63) is 30.3 Å². The van der Waals surface area contributed by atoms with Gasteiger partial charge in [0.25, 0.3) is 0 Å². The van der Waals surface area contributed by atoms with E-state index >= 15 is 0 Å². The average molecular weight is 288 g/mol. The van der Waals surface area contributed by atoms with Crippen LogP contribution in [-0.4, -0.2) is 23.8 Å². The van der Waals surface area contributed by atoms with Crippen molar-refractivity contribution in [2.24, 2.45) is 5.92 Å². The molecule has 1 aliphatic rings. The number of H-pyrrole nitrogens is 1. The fraction of sp³-hybridized carbons (Fsp3) is 0.529. The van der Waals surface area contributed by atoms with Gasteiger partial charge in [-0.1, -0.05) is 37.5 Å². The van der Waals surface area contributed by atoms with Crippen LogP contribution in [0.5, 0.6) is 0 Å². The van der Waals surface area contributed by atoms with E-state index in [0.29, 0.717) is 0 Å². The number of nitrogens with one attached hydrogen (secondary N) is 2. The minimum Gasteiger partial charge on any atom is -0.350 e. The smallest absolute Gasteiger partial charge is 0.0732 e. The Morgan fingerprint density at radius 1 is 1.15 bits per heavy atom. The van der Waals surface area contributed by atoms with Gasteiger partial charge in [0.2, 0.25) is 0 Å². The first-order chi connectivity index (χ1) is 9.92. The predicted molar refractivity (Wildman–Crippen MR) is 88.5 cm³/mol. The largest absolute Gasteiger partial charge is 0.350 e. The molecule has 3 heteroatoms. The van der Waals surface area contributed by atoms with E-state index in [1.165, 1.54) is 54.6 Å². The number of thioether (sulfide) groups is 1. The third kappa shape index (κ3) is 3.80. The maximum absolute atomic E-state index is 3.62. The number of para-hydroxylation sites is 1. The van der Waals surface area contributed by atoms with Crippen molar-refractivity contribution in [3.8, 4) is 0 Å². The molecule has 1 fully saturated rings. The maximum atomic E-state index is 3.62. The fourth-order valence-corrected chi connectivity index (χ4v) is 3.91. The van der Waals surface area contributed by atoms with Gasteiger partial charge in [0.15, 0.2) is 0 Å². The molecule has 0 unspecified atom stereocenters. The number of aromatic amines is 1. The Balaban J connectivity index is 1.37. The van der Waals surface area contributed by atoms with E-state index < -0.39 is 0 Å². The van der Waals surface area contributed by atoms with E-state index in [4.69, 9.17) is 0 Å². The molecule has 1 heterocycles. The van der Waals surface area contributed by atoms with Crippen LogP contribution in [-0.2, 0) is 0 Å². The third-order valence-electron chi connectivity index (χ3n) is 4.20. The Kier molecular flexibility index (Phi) is 5.04. The van der Waals surface area contributed by atoms with Crippen LogP contribution >= 0.6 is 11.8 Å². The van der Waals surface area contributed by atoms with E-state index in [-0.39, 0.29) is 0 Å². The molecular formula is C17H24N2S. The highest BCUT2D eigenvalue weighted by Crippen LogP contribution is 2.24. The van der Waals surface area contributed by atoms with Gasteiger partial charge in [-0.25, -0.2) is 0 Å². The Morgan fingerprint density at radius 2 is 2.00 bits per heavy atom. The van der Waals surface area contributed by atoms with Gasteiger partial charge in [-0.05, 0) is 37.4 Å². The Labute approximate surface area is 125 Å². The molecular weight excluding hydrogens is 264 g/mol. The molecule has 3 rings (SSSR count). The average Bonchev–Trinajstić information content (AvgIpc) is 2.90. The van der Waals surface area contributed by atoms with Crippen molar-refractivity contribution < 1.29 is 0 Å². The standard InChI is InChI=1S/C17H24N2S/c1-2-6-14(7-3-1)13-18-10-11-20-17-12-15-8-4-5-9-16(15)19-17/h4-5,8-9,12,14,18-19H,1-3,6-7,10-11,13H2. The van der Waals surface area contributed by atoms with Gasteiger partial charge in [0.1, 0.15) is 0 Å². The van der Waals surface area contributed by atoms with Gasteiger partial charge in [-0.15, -0.1) is 11.8 Å². The molecule has 2 N–H and O–H groups in total. The highest BCUT2D eigenvalue weighted by molar-refractivity contribution is 7.99. The number of hydrogen-bond acceptors (Lipinski definition) is 2. The predicted octanol–water partition coefficient (Wildman–Crippen LogP) is 4.43. The zero-order valence-corrected chi connectivity index (χ0v) is 12.8. The molecule has 0 amide bonds. The summed E-state index contributed by atoms with van der Waals surface area (Å²) in [5.41, 5.74) is 1.24. The lowest BCUT2D eigenvalue weighted by Gasteiger charge is -2.21. The summed E-state index contributed by atoms with van der Waals surface area (Å²) < 4.78 is 0. The topological polar surface area (TPSA) is 27.8 Å². The third-order valence-corrected chi connectivity index (χ3v) is 5.14. The summed E-state index contributed by atoms with van der Waals surface area (Å²) in [5.74, 6) is 2.07. The summed E-state index contributed by atoms with van der Waals surface area (Å²) in [4.78, 5) is 3.47. The lowest BCUT2D eigenvalue weighted by Crippen LogP contribution is -2.26. The van der Waals surface area contributed by atoms with Crippen molar-refractivity contribution in [1.82, 2.24) is 10.3 Å². The monoisotopic (exact) mass is 288 g/mol. The molecule has 0 aliphatic heterocycles. The van der Waals surface area contributed by atoms with Gasteiger partial charge < -0.3 is 10.3 Å². The molecule has 0 saturated heterocycles. The van der Waals surface area contributed by atoms with Crippen LogP contribution in [0.2, 0.25) is 0 Å². The molecule has 0 spiro atoms. The maximum Gasteiger partial charge on any atom is 0.0732 e. The fourth-order valence-electron chi connectivity index (χ4n) is 3.06. The molecule has 20 heavy (non-hydrogen) atoms. The van der Waals surface area contributed by atoms with Crippen molar-refractivity contribution in [1.29, 1.82) is 0 Å². The Hall–Kier alpha value is -0.930. The van der Waals surface area contributed by atoms with Gasteiger partial charge in [-0.3, -0.25) is 0 Å². The highest BCUT2D eigenvalue weighted by atomic mass is 32.2. The number of aromatic nitrogens is 1. The molecule has 2 nitrogen and oxygen atoms in total. The Bertz CT molecular complexity index is 496. The van der Waals surface area contributed by atoms with Gasteiger partial charge in [0, 0.05) is 23.2 Å². The molecule has 1 aliphatic carbocycles. The summed E-state index contributed by atoms with van der Waals surface area (Å²) in [6, 6.07) is 10.7. The first-order valence-electron chi connectivity index (χ1n) is 7.83. The number of rotatable bonds is 6. The normalized spacial score (nSPS) is 16.8. The zero-order chi connectivity index (χ0) is 13.6. The second kappa shape index (κ2) is 7.19. The lowest BCUT2D eigenvalue weighted by molar-refractivity contribution is 0.345. The van der Waals surface area contributed by atoms with Crippen molar-refractivity contribution >= 4 is 22.7 Å². The van der Waals surface area contributed by atoms with Crippen LogP contribution in [0.1, 0.15) is 32.1 Å². The van der Waals surface area contributed by atoms with Crippen molar-refractivity contribution in [3.63, 3.8) is 0 Å². The number of hydrogen-bond donors (Lipinski definition) is 2. The van der Waals surface area contributed by atoms with E-state index in [1.807, 2.05) is 11.8 Å². The minimum atomic E-state index is 0.932. The van der Waals surface area contributed by atoms with Crippen LogP contribution in [0.25, 0.3) is 10.9 Å². The summed E-state index contributed by atoms with van der Waals surface area (Å²) >= 11 is 1.91. The van der Waals surface area contributed by atoms with E-state index in [2.05, 4.69) is 40.6 Å². The molecule has 1 saturated carbocycles. The van der Waals surface area contributed by atoms with Crippen molar-refractivity contribution in [2.75, 3.05) is 18.8 Å². The molecule has 0 bridgehead atoms. The molecule has 1 aromatic carbocycles. The minimum absolute atomic E-state index is 0.932. The Morgan fingerprint density at radius 3 is 2.85 bits per heavy atom. The van der Waals surface area contributed by atoms with Crippen molar-refractivity contribution in [2.45, 2.75) is 37.1 Å². The van der Waals surface area contributed by atoms with Crippen LogP contribution in [0.4, 0.5) is 0 Å². The van der Waals surface area contributed by atoms with E-state index in [1.54, 1.807) is 0 Å². The summed E-state index contributed by atoms with van der Waals surface area (Å²) in [5, 5.41) is 6.22. The van der Waals surface area contributed by atoms with Gasteiger partial charge in [-0.2, -0.15) is 0 Å². The summed E-state index contributed by atoms with van der Waals surface area (Å²) in [6.07, 6.45) is 7.20. The molecule has 0 atom stereocenters. The SMILES string of the molecule is c1ccc2[nH]c(SCCNCC3CCCCC3)cc2c1. The zero-order valence-electron chi connectivity index (χ0n) is 12.0. The quantitative estimate of drug-likeness (QED) is 0.608. The van der Waals surface area contributed by atoms with E-state index in [9.17, 15) is 0 Å². The van der Waals surface area contributed by atoms with Crippen LogP contribution in [0, 0.1) is 5.92 Å². The van der Waals surface area contributed by atoms with Gasteiger partial charge >= 0.3 is 0 Å². The molecule has 2 aromatic rings. The van der Waals surface area contributed by atoms with Crippen LogP contribution in [0.3, 0.4) is 0 Å². The summed E-state index contributed by atoms with van der Waals surface area (Å²) in [7, 11) is 0. The van der Waals surface area contributed by atoms with Crippen LogP contribution < -0.4 is 5.32 Å². The second-order valence-corrected chi connectivity index (χ2v) is 6.91. The van der Waals surface area contributed by atoms with Crippen LogP contribution in [0.15, 0.2) is 35.4 Å². The lowest BCUT2D eigenvalue weighted by atomic mass is 9.89. The number of benzene rings is 1. The second-order valence-electron chi connectivity index (χ2n) is 5.78.